The van der Waals surface area contributed by atoms with Crippen LogP contribution in [0, 0.1) is 11.6 Å². The lowest BCUT2D eigenvalue weighted by molar-refractivity contribution is 0.0689. The van der Waals surface area contributed by atoms with Gasteiger partial charge in [0.25, 0.3) is 0 Å². The number of rotatable bonds is 5. The van der Waals surface area contributed by atoms with Gasteiger partial charge in [0.05, 0.1) is 13.1 Å². The van der Waals surface area contributed by atoms with E-state index in [1.165, 1.54) is 29.1 Å². The highest BCUT2D eigenvalue weighted by atomic mass is 79.9. The first-order valence-corrected chi connectivity index (χ1v) is 10.3. The number of halogens is 5. The van der Waals surface area contributed by atoms with Crippen molar-refractivity contribution in [2.45, 2.75) is 13.1 Å². The monoisotopic (exact) mass is 544 g/mol. The van der Waals surface area contributed by atoms with E-state index in [9.17, 15) is 13.6 Å². The summed E-state index contributed by atoms with van der Waals surface area (Å²) in [4.78, 5) is 13.2. The number of carboxylic acids is 1. The molecule has 13 heteroatoms. The highest BCUT2D eigenvalue weighted by Crippen LogP contribution is 2.17. The van der Waals surface area contributed by atoms with E-state index >= 15 is 0 Å². The van der Waals surface area contributed by atoms with Crippen LogP contribution in [-0.4, -0.2) is 41.1 Å². The van der Waals surface area contributed by atoms with Crippen molar-refractivity contribution >= 4 is 45.1 Å². The van der Waals surface area contributed by atoms with Gasteiger partial charge in [0.1, 0.15) is 11.6 Å². The van der Waals surface area contributed by atoms with Crippen LogP contribution in [0.4, 0.5) is 8.78 Å². The number of carboxylic acid groups (broad SMARTS) is 1. The molecule has 0 amide bonds. The predicted octanol–water partition coefficient (Wildman–Crippen LogP) is 4.70. The molecule has 4 rings (SSSR count). The second-order valence-corrected chi connectivity index (χ2v) is 7.71. The van der Waals surface area contributed by atoms with Crippen LogP contribution in [-0.2, 0) is 13.1 Å². The fourth-order valence-corrected chi connectivity index (χ4v) is 3.10. The van der Waals surface area contributed by atoms with Crippen molar-refractivity contribution in [3.8, 4) is 0 Å². The minimum Gasteiger partial charge on any atom is -0.476 e. The maximum atomic E-state index is 12.9. The maximum absolute atomic E-state index is 12.9. The molecule has 166 valence electrons. The second kappa shape index (κ2) is 10.6. The molecule has 0 spiro atoms. The first kappa shape index (κ1) is 23.8. The average molecular weight is 546 g/mol. The molecule has 0 radical (unpaired) electrons. The topological polar surface area (TPSA) is 98.7 Å². The Balaban J connectivity index is 0.000000182. The summed E-state index contributed by atoms with van der Waals surface area (Å²) in [6.45, 7) is 0.549. The van der Waals surface area contributed by atoms with Gasteiger partial charge in [-0.05, 0) is 51.3 Å². The minimum absolute atomic E-state index is 0.157. The number of hydrogen-bond donors (Lipinski definition) is 1. The van der Waals surface area contributed by atoms with Gasteiger partial charge in [0.2, 0.25) is 5.69 Å². The SMILES string of the molecule is Fc1cccc(Cn2nc(Cl)c(Br)n2)c1.O=C(O)c1nn(Cc2cccc(F)c2)nc1Cl. The Morgan fingerprint density at radius 2 is 1.38 bits per heavy atom. The van der Waals surface area contributed by atoms with E-state index < -0.39 is 5.97 Å². The van der Waals surface area contributed by atoms with Crippen LogP contribution in [0.25, 0.3) is 0 Å². The molecule has 2 aromatic carbocycles. The Bertz CT molecular complexity index is 1230. The number of benzene rings is 2. The molecule has 0 saturated heterocycles. The van der Waals surface area contributed by atoms with Gasteiger partial charge >= 0.3 is 5.97 Å². The second-order valence-electron chi connectivity index (χ2n) is 6.25. The van der Waals surface area contributed by atoms with Gasteiger partial charge in [-0.15, -0.1) is 20.4 Å². The molecule has 32 heavy (non-hydrogen) atoms. The van der Waals surface area contributed by atoms with Crippen molar-refractivity contribution in [1.82, 2.24) is 30.0 Å². The summed E-state index contributed by atoms with van der Waals surface area (Å²) in [6, 6.07) is 12.1. The van der Waals surface area contributed by atoms with E-state index in [0.717, 1.165) is 10.4 Å². The summed E-state index contributed by atoms with van der Waals surface area (Å²) in [5.41, 5.74) is 1.09. The lowest BCUT2D eigenvalue weighted by Crippen LogP contribution is -2.05. The summed E-state index contributed by atoms with van der Waals surface area (Å²) in [5.74, 6) is -1.90. The quantitative estimate of drug-likeness (QED) is 0.390. The van der Waals surface area contributed by atoms with Gasteiger partial charge in [0, 0.05) is 0 Å². The molecule has 8 nitrogen and oxygen atoms in total. The first-order chi connectivity index (χ1) is 15.2. The number of carbonyl (C=O) groups is 1. The normalized spacial score (nSPS) is 10.5. The molecular weight excluding hydrogens is 533 g/mol. The van der Waals surface area contributed by atoms with Crippen molar-refractivity contribution in [2.24, 2.45) is 0 Å². The van der Waals surface area contributed by atoms with Crippen molar-refractivity contribution in [1.29, 1.82) is 0 Å². The largest absolute Gasteiger partial charge is 0.476 e. The van der Waals surface area contributed by atoms with Crippen molar-refractivity contribution in [2.75, 3.05) is 0 Å². The van der Waals surface area contributed by atoms with E-state index in [4.69, 9.17) is 28.3 Å². The van der Waals surface area contributed by atoms with Crippen molar-refractivity contribution in [3.05, 3.63) is 91.9 Å². The van der Waals surface area contributed by atoms with Crippen LogP contribution >= 0.6 is 39.1 Å². The molecule has 2 heterocycles. The number of aromatic nitrogens is 6. The number of hydrogen-bond acceptors (Lipinski definition) is 5. The Morgan fingerprint density at radius 3 is 1.78 bits per heavy atom. The van der Waals surface area contributed by atoms with Crippen LogP contribution in [0.3, 0.4) is 0 Å². The predicted molar refractivity (Wildman–Crippen MR) is 116 cm³/mol. The third-order valence-electron chi connectivity index (χ3n) is 3.82. The van der Waals surface area contributed by atoms with Crippen LogP contribution in [0.1, 0.15) is 21.6 Å². The highest BCUT2D eigenvalue weighted by molar-refractivity contribution is 9.10. The van der Waals surface area contributed by atoms with E-state index in [1.807, 2.05) is 0 Å². The molecule has 0 aliphatic rings. The number of aromatic carboxylic acids is 1. The van der Waals surface area contributed by atoms with Gasteiger partial charge in [-0.25, -0.2) is 13.6 Å². The Labute approximate surface area is 198 Å². The third kappa shape index (κ3) is 6.55. The summed E-state index contributed by atoms with van der Waals surface area (Å²) < 4.78 is 26.3. The first-order valence-electron chi connectivity index (χ1n) is 8.80. The summed E-state index contributed by atoms with van der Waals surface area (Å²) >= 11 is 14.4. The van der Waals surface area contributed by atoms with E-state index in [2.05, 4.69) is 36.3 Å². The molecule has 0 saturated carbocycles. The molecule has 2 aromatic heterocycles. The van der Waals surface area contributed by atoms with Crippen LogP contribution < -0.4 is 0 Å². The molecule has 0 bridgehead atoms. The molecule has 0 atom stereocenters. The number of nitrogens with zero attached hydrogens (tertiary/aromatic N) is 6. The van der Waals surface area contributed by atoms with E-state index in [0.29, 0.717) is 21.9 Å². The Hall–Kier alpha value is -2.89. The molecule has 0 unspecified atom stereocenters. The standard InChI is InChI=1S/C10H7ClFN3O2.C9H6BrClFN3/c11-9-8(10(16)17)13-15(14-9)5-6-2-1-3-7(12)4-6;10-8-9(11)14-15(13-8)5-6-2-1-3-7(12)4-6/h1-4H,5H2,(H,16,17);1-4H,5H2. The van der Waals surface area contributed by atoms with E-state index in [1.54, 1.807) is 24.3 Å². The minimum atomic E-state index is -1.25. The molecule has 0 aliphatic carbocycles. The summed E-state index contributed by atoms with van der Waals surface area (Å²) in [6.07, 6.45) is 0. The fourth-order valence-electron chi connectivity index (χ4n) is 2.50. The smallest absolute Gasteiger partial charge is 0.359 e. The van der Waals surface area contributed by atoms with Gasteiger partial charge in [-0.2, -0.15) is 9.59 Å². The third-order valence-corrected chi connectivity index (χ3v) is 5.09. The maximum Gasteiger partial charge on any atom is 0.359 e. The van der Waals surface area contributed by atoms with Crippen LogP contribution in [0.2, 0.25) is 10.3 Å². The van der Waals surface area contributed by atoms with Crippen LogP contribution in [0.5, 0.6) is 0 Å². The summed E-state index contributed by atoms with van der Waals surface area (Å²) in [7, 11) is 0. The van der Waals surface area contributed by atoms with Gasteiger partial charge in [0.15, 0.2) is 14.9 Å². The van der Waals surface area contributed by atoms with Crippen molar-refractivity contribution < 1.29 is 18.7 Å². The molecule has 1 N–H and O–H groups in total. The van der Waals surface area contributed by atoms with Crippen LogP contribution in [0.15, 0.2) is 53.1 Å². The zero-order chi connectivity index (χ0) is 23.3. The van der Waals surface area contributed by atoms with Gasteiger partial charge in [-0.3, -0.25) is 0 Å². The lowest BCUT2D eigenvalue weighted by atomic mass is 10.2. The molecular formula is C19H13BrCl2F2N6O2. The lowest BCUT2D eigenvalue weighted by Gasteiger charge is -1.99. The zero-order valence-electron chi connectivity index (χ0n) is 16.0. The van der Waals surface area contributed by atoms with Gasteiger partial charge in [-0.1, -0.05) is 47.5 Å². The fraction of sp³-hybridized carbons (Fsp3) is 0.105. The summed E-state index contributed by atoms with van der Waals surface area (Å²) in [5, 5.41) is 24.2. The molecule has 0 fully saturated rings. The zero-order valence-corrected chi connectivity index (χ0v) is 19.1. The van der Waals surface area contributed by atoms with Gasteiger partial charge < -0.3 is 5.11 Å². The van der Waals surface area contributed by atoms with E-state index in [-0.39, 0.29) is 29.0 Å². The average Bonchev–Trinajstić information content (AvgIpc) is 3.23. The Morgan fingerprint density at radius 1 is 0.875 bits per heavy atom. The molecule has 4 aromatic rings. The highest BCUT2D eigenvalue weighted by Gasteiger charge is 2.15. The van der Waals surface area contributed by atoms with Crippen molar-refractivity contribution in [3.63, 3.8) is 0 Å². The Kier molecular flexibility index (Phi) is 7.89. The molecule has 0 aliphatic heterocycles.